The fraction of sp³-hybridized carbons (Fsp3) is 1.00. The second-order valence-electron chi connectivity index (χ2n) is 5.69. The molecule has 0 heterocycles. The summed E-state index contributed by atoms with van der Waals surface area (Å²) in [4.78, 5) is 0. The summed E-state index contributed by atoms with van der Waals surface area (Å²) in [6.07, 6.45) is 0.695. The van der Waals surface area contributed by atoms with Gasteiger partial charge < -0.3 is 10.4 Å². The van der Waals surface area contributed by atoms with Crippen molar-refractivity contribution >= 4 is 0 Å². The van der Waals surface area contributed by atoms with Gasteiger partial charge in [-0.15, -0.1) is 0 Å². The summed E-state index contributed by atoms with van der Waals surface area (Å²) in [5, 5.41) is 12.7. The van der Waals surface area contributed by atoms with Gasteiger partial charge in [0, 0.05) is 6.04 Å². The van der Waals surface area contributed by atoms with E-state index in [1.165, 1.54) is 0 Å². The standard InChI is InChI=1S/C12H27NO/c1-9(7-10(2)14)8-13-11(3)12(4,5)6/h9-11,13-14H,7-8H2,1-6H3/t9-,10+,11-/m1/s1. The van der Waals surface area contributed by atoms with Crippen molar-refractivity contribution in [1.29, 1.82) is 0 Å². The highest BCUT2D eigenvalue weighted by Crippen LogP contribution is 2.18. The minimum absolute atomic E-state index is 0.184. The van der Waals surface area contributed by atoms with Crippen LogP contribution >= 0.6 is 0 Å². The molecule has 2 heteroatoms. The minimum atomic E-state index is -0.184. The van der Waals surface area contributed by atoms with E-state index in [0.29, 0.717) is 17.4 Å². The third-order valence-corrected chi connectivity index (χ3v) is 2.82. The highest BCUT2D eigenvalue weighted by Gasteiger charge is 2.19. The van der Waals surface area contributed by atoms with Gasteiger partial charge in [-0.25, -0.2) is 0 Å². The Kier molecular flexibility index (Phi) is 5.68. The van der Waals surface area contributed by atoms with Crippen molar-refractivity contribution in [3.05, 3.63) is 0 Å². The Morgan fingerprint density at radius 1 is 1.14 bits per heavy atom. The molecule has 0 saturated heterocycles. The van der Waals surface area contributed by atoms with Gasteiger partial charge >= 0.3 is 0 Å². The topological polar surface area (TPSA) is 32.3 Å². The van der Waals surface area contributed by atoms with Crippen LogP contribution in [0.4, 0.5) is 0 Å². The van der Waals surface area contributed by atoms with E-state index >= 15 is 0 Å². The first-order valence-corrected chi connectivity index (χ1v) is 5.65. The molecule has 0 unspecified atom stereocenters. The smallest absolute Gasteiger partial charge is 0.0515 e. The van der Waals surface area contributed by atoms with Crippen LogP contribution in [0.3, 0.4) is 0 Å². The van der Waals surface area contributed by atoms with Crippen molar-refractivity contribution in [3.63, 3.8) is 0 Å². The zero-order valence-corrected chi connectivity index (χ0v) is 10.6. The molecule has 0 aliphatic rings. The summed E-state index contributed by atoms with van der Waals surface area (Å²) in [5.41, 5.74) is 0.310. The van der Waals surface area contributed by atoms with Gasteiger partial charge in [0.1, 0.15) is 0 Å². The molecule has 14 heavy (non-hydrogen) atoms. The first-order valence-electron chi connectivity index (χ1n) is 5.65. The number of aliphatic hydroxyl groups is 1. The van der Waals surface area contributed by atoms with Gasteiger partial charge in [0.25, 0.3) is 0 Å². The second-order valence-corrected chi connectivity index (χ2v) is 5.69. The van der Waals surface area contributed by atoms with Gasteiger partial charge in [-0.2, -0.15) is 0 Å². The molecule has 2 nitrogen and oxygen atoms in total. The van der Waals surface area contributed by atoms with E-state index < -0.39 is 0 Å². The molecule has 0 spiro atoms. The normalized spacial score (nSPS) is 19.1. The molecule has 0 aromatic rings. The van der Waals surface area contributed by atoms with Crippen LogP contribution in [0, 0.1) is 11.3 Å². The van der Waals surface area contributed by atoms with Gasteiger partial charge in [0.15, 0.2) is 0 Å². The summed E-state index contributed by atoms with van der Waals surface area (Å²) in [7, 11) is 0. The number of nitrogens with one attached hydrogen (secondary N) is 1. The molecule has 0 bridgehead atoms. The molecule has 3 atom stereocenters. The molecule has 0 rings (SSSR count). The Bertz CT molecular complexity index is 149. The van der Waals surface area contributed by atoms with Crippen molar-refractivity contribution < 1.29 is 5.11 Å². The maximum atomic E-state index is 9.22. The largest absolute Gasteiger partial charge is 0.393 e. The lowest BCUT2D eigenvalue weighted by Gasteiger charge is -2.29. The first-order chi connectivity index (χ1) is 6.23. The maximum Gasteiger partial charge on any atom is 0.0515 e. The van der Waals surface area contributed by atoms with Crippen LogP contribution in [0.5, 0.6) is 0 Å². The number of hydrogen-bond acceptors (Lipinski definition) is 2. The summed E-state index contributed by atoms with van der Waals surface area (Å²) < 4.78 is 0. The monoisotopic (exact) mass is 201 g/mol. The zero-order chi connectivity index (χ0) is 11.4. The Morgan fingerprint density at radius 3 is 2.00 bits per heavy atom. The van der Waals surface area contributed by atoms with Gasteiger partial charge in [-0.05, 0) is 38.1 Å². The second kappa shape index (κ2) is 5.72. The lowest BCUT2D eigenvalue weighted by molar-refractivity contribution is 0.159. The fourth-order valence-corrected chi connectivity index (χ4v) is 1.35. The van der Waals surface area contributed by atoms with Gasteiger partial charge in [0.2, 0.25) is 0 Å². The number of rotatable bonds is 5. The van der Waals surface area contributed by atoms with E-state index in [0.717, 1.165) is 13.0 Å². The van der Waals surface area contributed by atoms with Crippen molar-refractivity contribution in [2.75, 3.05) is 6.54 Å². The van der Waals surface area contributed by atoms with Crippen molar-refractivity contribution in [2.45, 2.75) is 60.1 Å². The lowest BCUT2D eigenvalue weighted by atomic mass is 9.87. The summed E-state index contributed by atoms with van der Waals surface area (Å²) in [6, 6.07) is 0.513. The minimum Gasteiger partial charge on any atom is -0.393 e. The van der Waals surface area contributed by atoms with E-state index in [9.17, 15) is 5.11 Å². The maximum absolute atomic E-state index is 9.22. The summed E-state index contributed by atoms with van der Waals surface area (Å²) >= 11 is 0. The molecule has 0 aliphatic heterocycles. The molecular formula is C12H27NO. The predicted molar refractivity (Wildman–Crippen MR) is 62.4 cm³/mol. The Balaban J connectivity index is 3.72. The van der Waals surface area contributed by atoms with Crippen molar-refractivity contribution in [3.8, 4) is 0 Å². The van der Waals surface area contributed by atoms with Crippen molar-refractivity contribution in [1.82, 2.24) is 5.32 Å². The summed E-state index contributed by atoms with van der Waals surface area (Å²) in [6.45, 7) is 14.0. The number of aliphatic hydroxyl groups excluding tert-OH is 1. The van der Waals surface area contributed by atoms with Crippen molar-refractivity contribution in [2.24, 2.45) is 11.3 Å². The third kappa shape index (κ3) is 6.39. The highest BCUT2D eigenvalue weighted by atomic mass is 16.3. The molecule has 0 amide bonds. The molecule has 0 fully saturated rings. The van der Waals surface area contributed by atoms with Crippen LogP contribution in [0.25, 0.3) is 0 Å². The first kappa shape index (κ1) is 13.9. The van der Waals surface area contributed by atoms with Crippen LogP contribution in [-0.4, -0.2) is 23.8 Å². The van der Waals surface area contributed by atoms with Gasteiger partial charge in [-0.1, -0.05) is 27.7 Å². The molecule has 0 aliphatic carbocycles. The molecule has 0 aromatic heterocycles. The predicted octanol–water partition coefficient (Wildman–Crippen LogP) is 2.42. The van der Waals surface area contributed by atoms with E-state index in [1.807, 2.05) is 6.92 Å². The fourth-order valence-electron chi connectivity index (χ4n) is 1.35. The van der Waals surface area contributed by atoms with E-state index in [-0.39, 0.29) is 6.10 Å². The quantitative estimate of drug-likeness (QED) is 0.716. The van der Waals surface area contributed by atoms with Crippen LogP contribution in [0.2, 0.25) is 0 Å². The van der Waals surface area contributed by atoms with E-state index in [2.05, 4.69) is 39.9 Å². The molecular weight excluding hydrogens is 174 g/mol. The highest BCUT2D eigenvalue weighted by molar-refractivity contribution is 4.76. The van der Waals surface area contributed by atoms with Gasteiger partial charge in [-0.3, -0.25) is 0 Å². The molecule has 86 valence electrons. The van der Waals surface area contributed by atoms with Gasteiger partial charge in [0.05, 0.1) is 6.10 Å². The van der Waals surface area contributed by atoms with E-state index in [4.69, 9.17) is 0 Å². The average molecular weight is 201 g/mol. The molecule has 0 radical (unpaired) electrons. The van der Waals surface area contributed by atoms with E-state index in [1.54, 1.807) is 0 Å². The van der Waals surface area contributed by atoms with Crippen LogP contribution in [0.15, 0.2) is 0 Å². The number of hydrogen-bond donors (Lipinski definition) is 2. The SMILES string of the molecule is C[C@@H](CN[C@H](C)C(C)(C)C)C[C@H](C)O. The lowest BCUT2D eigenvalue weighted by Crippen LogP contribution is -2.40. The average Bonchev–Trinajstić information content (AvgIpc) is 1.96. The third-order valence-electron chi connectivity index (χ3n) is 2.82. The Morgan fingerprint density at radius 2 is 1.64 bits per heavy atom. The molecule has 0 saturated carbocycles. The van der Waals surface area contributed by atoms with Crippen LogP contribution < -0.4 is 5.32 Å². The van der Waals surface area contributed by atoms with Crippen LogP contribution in [0.1, 0.15) is 48.0 Å². The zero-order valence-electron chi connectivity index (χ0n) is 10.6. The Labute approximate surface area is 89.1 Å². The summed E-state index contributed by atoms with van der Waals surface area (Å²) in [5.74, 6) is 0.541. The Hall–Kier alpha value is -0.0800. The molecule has 0 aromatic carbocycles. The van der Waals surface area contributed by atoms with Crippen LogP contribution in [-0.2, 0) is 0 Å². The molecule has 2 N–H and O–H groups in total.